The van der Waals surface area contributed by atoms with E-state index in [9.17, 15) is 0 Å². The first-order chi connectivity index (χ1) is 14.2. The van der Waals surface area contributed by atoms with Crippen molar-refractivity contribution in [3.8, 4) is 11.5 Å². The molecule has 0 radical (unpaired) electrons. The minimum absolute atomic E-state index is 0.465. The Morgan fingerprint density at radius 2 is 2.07 bits per heavy atom. The molecule has 4 rings (SSSR count). The standard InChI is InChI=1S/C22H30N4O2S/c1-23-22(25-17-8-9-18-19(14-17)28-12-5-11-27-18)24-15-16-6-3-10-26(2)21(16)20-7-4-13-29-20/h4,7-9,13-14,16,21H,3,5-6,10-12,15H2,1-2H3,(H2,23,24,25). The van der Waals surface area contributed by atoms with Crippen LogP contribution in [0.25, 0.3) is 0 Å². The van der Waals surface area contributed by atoms with E-state index in [1.807, 2.05) is 36.6 Å². The SMILES string of the molecule is CN=C(NCC1CCCN(C)C1c1cccs1)Nc1ccc2c(c1)OCCCO2. The first-order valence-electron chi connectivity index (χ1n) is 10.4. The second kappa shape index (κ2) is 9.50. The maximum absolute atomic E-state index is 5.80. The lowest BCUT2D eigenvalue weighted by Crippen LogP contribution is -2.42. The number of piperidine rings is 1. The molecule has 0 amide bonds. The van der Waals surface area contributed by atoms with E-state index in [0.29, 0.717) is 25.2 Å². The van der Waals surface area contributed by atoms with Crippen LogP contribution in [0.4, 0.5) is 5.69 Å². The monoisotopic (exact) mass is 414 g/mol. The molecule has 1 saturated heterocycles. The van der Waals surface area contributed by atoms with Gasteiger partial charge in [-0.3, -0.25) is 9.89 Å². The summed E-state index contributed by atoms with van der Waals surface area (Å²) in [5.74, 6) is 2.92. The molecule has 7 heteroatoms. The molecule has 2 aliphatic rings. The third kappa shape index (κ3) is 4.85. The van der Waals surface area contributed by atoms with E-state index < -0.39 is 0 Å². The number of nitrogens with one attached hydrogen (secondary N) is 2. The number of anilines is 1. The van der Waals surface area contributed by atoms with Gasteiger partial charge in [-0.1, -0.05) is 6.07 Å². The Morgan fingerprint density at radius 1 is 1.21 bits per heavy atom. The smallest absolute Gasteiger partial charge is 0.195 e. The average Bonchev–Trinajstić information content (AvgIpc) is 3.16. The average molecular weight is 415 g/mol. The van der Waals surface area contributed by atoms with E-state index in [-0.39, 0.29) is 0 Å². The molecular formula is C22H30N4O2S. The molecule has 0 saturated carbocycles. The van der Waals surface area contributed by atoms with Crippen molar-refractivity contribution in [2.75, 3.05) is 45.7 Å². The molecule has 0 spiro atoms. The highest BCUT2D eigenvalue weighted by molar-refractivity contribution is 7.10. The van der Waals surface area contributed by atoms with Gasteiger partial charge >= 0.3 is 0 Å². The molecule has 156 valence electrons. The lowest BCUT2D eigenvalue weighted by atomic mass is 9.88. The molecule has 1 aromatic heterocycles. The van der Waals surface area contributed by atoms with Crippen LogP contribution in [0.1, 0.15) is 30.2 Å². The fraction of sp³-hybridized carbons (Fsp3) is 0.500. The highest BCUT2D eigenvalue weighted by Crippen LogP contribution is 2.37. The van der Waals surface area contributed by atoms with Gasteiger partial charge in [0.05, 0.1) is 13.2 Å². The van der Waals surface area contributed by atoms with Gasteiger partial charge in [0.25, 0.3) is 0 Å². The highest BCUT2D eigenvalue weighted by Gasteiger charge is 2.31. The molecule has 0 aliphatic carbocycles. The number of ether oxygens (including phenoxy) is 2. The third-order valence-electron chi connectivity index (χ3n) is 5.61. The molecule has 3 heterocycles. The summed E-state index contributed by atoms with van der Waals surface area (Å²) in [4.78, 5) is 8.35. The lowest BCUT2D eigenvalue weighted by Gasteiger charge is -2.39. The number of aliphatic imine (C=N–C) groups is 1. The van der Waals surface area contributed by atoms with Gasteiger partial charge in [0.2, 0.25) is 0 Å². The Bertz CT molecular complexity index is 824. The van der Waals surface area contributed by atoms with Crippen LogP contribution in [0, 0.1) is 5.92 Å². The van der Waals surface area contributed by atoms with Crippen LogP contribution in [-0.4, -0.2) is 51.3 Å². The molecule has 0 bridgehead atoms. The Morgan fingerprint density at radius 3 is 2.86 bits per heavy atom. The molecule has 1 aromatic carbocycles. The first-order valence-corrected chi connectivity index (χ1v) is 11.2. The van der Waals surface area contributed by atoms with Crippen LogP contribution in [0.15, 0.2) is 40.7 Å². The van der Waals surface area contributed by atoms with Crippen molar-refractivity contribution in [3.63, 3.8) is 0 Å². The van der Waals surface area contributed by atoms with Crippen LogP contribution < -0.4 is 20.1 Å². The zero-order chi connectivity index (χ0) is 20.1. The van der Waals surface area contributed by atoms with Crippen molar-refractivity contribution in [1.29, 1.82) is 0 Å². The van der Waals surface area contributed by atoms with Crippen molar-refractivity contribution in [1.82, 2.24) is 10.2 Å². The van der Waals surface area contributed by atoms with Crippen molar-refractivity contribution in [3.05, 3.63) is 40.6 Å². The van der Waals surface area contributed by atoms with Gasteiger partial charge in [-0.2, -0.15) is 0 Å². The lowest BCUT2D eigenvalue weighted by molar-refractivity contribution is 0.125. The number of fused-ring (bicyclic) bond motifs is 1. The van der Waals surface area contributed by atoms with E-state index in [1.165, 1.54) is 17.7 Å². The fourth-order valence-corrected chi connectivity index (χ4v) is 5.15. The summed E-state index contributed by atoms with van der Waals surface area (Å²) >= 11 is 1.85. The Kier molecular flexibility index (Phi) is 6.56. The summed E-state index contributed by atoms with van der Waals surface area (Å²) < 4.78 is 11.5. The van der Waals surface area contributed by atoms with Crippen LogP contribution in [0.5, 0.6) is 11.5 Å². The molecule has 2 aliphatic heterocycles. The second-order valence-electron chi connectivity index (χ2n) is 7.63. The van der Waals surface area contributed by atoms with Gasteiger partial charge < -0.3 is 20.1 Å². The molecule has 2 atom stereocenters. The van der Waals surface area contributed by atoms with E-state index in [1.54, 1.807) is 0 Å². The first kappa shape index (κ1) is 20.0. The maximum Gasteiger partial charge on any atom is 0.195 e. The highest BCUT2D eigenvalue weighted by atomic mass is 32.1. The predicted octanol–water partition coefficient (Wildman–Crippen LogP) is 3.98. The van der Waals surface area contributed by atoms with Crippen molar-refractivity contribution in [2.24, 2.45) is 10.9 Å². The summed E-state index contributed by atoms with van der Waals surface area (Å²) in [7, 11) is 4.05. The summed E-state index contributed by atoms with van der Waals surface area (Å²) in [5, 5.41) is 9.10. The number of likely N-dealkylation sites (tertiary alicyclic amines) is 1. The second-order valence-corrected chi connectivity index (χ2v) is 8.61. The van der Waals surface area contributed by atoms with Crippen molar-refractivity contribution < 1.29 is 9.47 Å². The van der Waals surface area contributed by atoms with Gasteiger partial charge in [-0.25, -0.2) is 0 Å². The van der Waals surface area contributed by atoms with E-state index in [4.69, 9.17) is 9.47 Å². The zero-order valence-corrected chi connectivity index (χ0v) is 18.0. The van der Waals surface area contributed by atoms with Gasteiger partial charge in [-0.15, -0.1) is 11.3 Å². The molecule has 2 N–H and O–H groups in total. The minimum atomic E-state index is 0.465. The van der Waals surface area contributed by atoms with Gasteiger partial charge in [0, 0.05) is 42.7 Å². The topological polar surface area (TPSA) is 58.1 Å². The predicted molar refractivity (Wildman–Crippen MR) is 119 cm³/mol. The van der Waals surface area contributed by atoms with Crippen LogP contribution in [0.2, 0.25) is 0 Å². The quantitative estimate of drug-likeness (QED) is 0.585. The molecular weight excluding hydrogens is 384 g/mol. The van der Waals surface area contributed by atoms with Crippen LogP contribution in [-0.2, 0) is 0 Å². The third-order valence-corrected chi connectivity index (χ3v) is 6.55. The number of guanidine groups is 1. The fourth-order valence-electron chi connectivity index (χ4n) is 4.17. The maximum atomic E-state index is 5.80. The van der Waals surface area contributed by atoms with Gasteiger partial charge in [-0.05, 0) is 55.9 Å². The Hall–Kier alpha value is -2.25. The van der Waals surface area contributed by atoms with E-state index in [0.717, 1.165) is 42.7 Å². The largest absolute Gasteiger partial charge is 0.490 e. The van der Waals surface area contributed by atoms with E-state index >= 15 is 0 Å². The summed E-state index contributed by atoms with van der Waals surface area (Å²) in [6.07, 6.45) is 3.36. The number of rotatable bonds is 4. The van der Waals surface area contributed by atoms with Crippen molar-refractivity contribution >= 4 is 23.0 Å². The molecule has 2 aromatic rings. The minimum Gasteiger partial charge on any atom is -0.490 e. The number of benzene rings is 1. The van der Waals surface area contributed by atoms with Gasteiger partial charge in [0.1, 0.15) is 0 Å². The Labute approximate surface area is 176 Å². The number of nitrogens with zero attached hydrogens (tertiary/aromatic N) is 2. The zero-order valence-electron chi connectivity index (χ0n) is 17.2. The van der Waals surface area contributed by atoms with Gasteiger partial charge in [0.15, 0.2) is 17.5 Å². The molecule has 6 nitrogen and oxygen atoms in total. The summed E-state index contributed by atoms with van der Waals surface area (Å²) in [6, 6.07) is 10.8. The normalized spacial score (nSPS) is 22.8. The molecule has 1 fully saturated rings. The summed E-state index contributed by atoms with van der Waals surface area (Å²) in [6.45, 7) is 3.42. The van der Waals surface area contributed by atoms with Crippen LogP contribution in [0.3, 0.4) is 0 Å². The molecule has 29 heavy (non-hydrogen) atoms. The van der Waals surface area contributed by atoms with E-state index in [2.05, 4.69) is 45.1 Å². The Balaban J connectivity index is 1.40. The van der Waals surface area contributed by atoms with Crippen molar-refractivity contribution in [2.45, 2.75) is 25.3 Å². The summed E-state index contributed by atoms with van der Waals surface area (Å²) in [5.41, 5.74) is 0.943. The number of thiophene rings is 1. The number of hydrogen-bond donors (Lipinski definition) is 2. The number of hydrogen-bond acceptors (Lipinski definition) is 5. The molecule has 2 unspecified atom stereocenters. The van der Waals surface area contributed by atoms with Crippen LogP contribution >= 0.6 is 11.3 Å².